The molecule has 1 amide bonds. The molecule has 1 atom stereocenters. The number of nitro groups is 1. The predicted molar refractivity (Wildman–Crippen MR) is 101 cm³/mol. The Bertz CT molecular complexity index is 849. The van der Waals surface area contributed by atoms with Crippen LogP contribution in [0.2, 0.25) is 0 Å². The zero-order chi connectivity index (χ0) is 20.6. The van der Waals surface area contributed by atoms with E-state index in [4.69, 9.17) is 14.2 Å². The molecule has 1 fully saturated rings. The van der Waals surface area contributed by atoms with Crippen LogP contribution in [0.5, 0.6) is 5.75 Å². The number of hydrogen-bond donors (Lipinski definition) is 0. The van der Waals surface area contributed by atoms with Crippen molar-refractivity contribution in [2.75, 3.05) is 32.9 Å². The van der Waals surface area contributed by atoms with Gasteiger partial charge in [0.15, 0.2) is 6.61 Å². The predicted octanol–water partition coefficient (Wildman–Crippen LogP) is 2.12. The molecular weight excluding hydrogens is 380 g/mol. The maximum atomic E-state index is 12.9. The monoisotopic (exact) mass is 400 g/mol. The zero-order valence-corrected chi connectivity index (χ0v) is 15.6. The van der Waals surface area contributed by atoms with Crippen LogP contribution < -0.4 is 4.74 Å². The molecule has 2 aromatic rings. The second-order valence-corrected chi connectivity index (χ2v) is 6.26. The first-order valence-electron chi connectivity index (χ1n) is 9.03. The lowest BCUT2D eigenvalue weighted by atomic mass is 10.1. The molecule has 0 bridgehead atoms. The molecule has 9 nitrogen and oxygen atoms in total. The van der Waals surface area contributed by atoms with E-state index in [0.29, 0.717) is 31.9 Å². The van der Waals surface area contributed by atoms with Gasteiger partial charge in [0.05, 0.1) is 18.1 Å². The van der Waals surface area contributed by atoms with Crippen LogP contribution >= 0.6 is 0 Å². The molecule has 0 N–H and O–H groups in total. The summed E-state index contributed by atoms with van der Waals surface area (Å²) in [5, 5.41) is 10.7. The number of nitrogens with zero attached hydrogens (tertiary/aromatic N) is 2. The highest BCUT2D eigenvalue weighted by Crippen LogP contribution is 2.22. The van der Waals surface area contributed by atoms with Crippen LogP contribution in [0.15, 0.2) is 54.6 Å². The van der Waals surface area contributed by atoms with Gasteiger partial charge in [-0.25, -0.2) is 4.79 Å². The smallest absolute Gasteiger partial charge is 0.345 e. The quantitative estimate of drug-likeness (QED) is 0.398. The number of esters is 1. The Labute approximate surface area is 166 Å². The number of ether oxygens (including phenoxy) is 3. The Morgan fingerprint density at radius 3 is 2.34 bits per heavy atom. The van der Waals surface area contributed by atoms with Crippen molar-refractivity contribution >= 4 is 17.6 Å². The fraction of sp³-hybridized carbons (Fsp3) is 0.300. The lowest BCUT2D eigenvalue weighted by Gasteiger charge is -2.30. The van der Waals surface area contributed by atoms with E-state index in [2.05, 4.69) is 0 Å². The lowest BCUT2D eigenvalue weighted by molar-refractivity contribution is -0.384. The van der Waals surface area contributed by atoms with Gasteiger partial charge in [-0.15, -0.1) is 0 Å². The average molecular weight is 400 g/mol. The van der Waals surface area contributed by atoms with E-state index in [1.165, 1.54) is 24.3 Å². The molecule has 1 aliphatic heterocycles. The third kappa shape index (κ3) is 5.52. The minimum Gasteiger partial charge on any atom is -0.482 e. The fourth-order valence-electron chi connectivity index (χ4n) is 2.81. The summed E-state index contributed by atoms with van der Waals surface area (Å²) < 4.78 is 16.0. The summed E-state index contributed by atoms with van der Waals surface area (Å²) in [7, 11) is 0. The number of carbonyl (C=O) groups excluding carboxylic acids is 2. The first-order chi connectivity index (χ1) is 14.0. The molecule has 0 saturated carbocycles. The lowest BCUT2D eigenvalue weighted by Crippen LogP contribution is -2.44. The molecule has 0 unspecified atom stereocenters. The van der Waals surface area contributed by atoms with E-state index in [9.17, 15) is 19.7 Å². The Balaban J connectivity index is 1.64. The standard InChI is InChI=1S/C20H20N2O7/c23-18(14-28-17-8-6-16(7-9-17)22(25)26)29-19(15-4-2-1-3-5-15)20(24)21-10-12-27-13-11-21/h1-9,19H,10-14H2/t19-/m0/s1. The molecule has 29 heavy (non-hydrogen) atoms. The molecular formula is C20H20N2O7. The average Bonchev–Trinajstić information content (AvgIpc) is 2.77. The number of morpholine rings is 1. The Morgan fingerprint density at radius 1 is 1.07 bits per heavy atom. The van der Waals surface area contributed by atoms with Gasteiger partial charge in [0, 0.05) is 30.8 Å². The van der Waals surface area contributed by atoms with Crippen molar-refractivity contribution < 1.29 is 28.7 Å². The van der Waals surface area contributed by atoms with Crippen LogP contribution in [-0.4, -0.2) is 54.6 Å². The van der Waals surface area contributed by atoms with E-state index < -0.39 is 23.6 Å². The molecule has 152 valence electrons. The van der Waals surface area contributed by atoms with Crippen LogP contribution in [-0.2, 0) is 19.1 Å². The summed E-state index contributed by atoms with van der Waals surface area (Å²) in [4.78, 5) is 37.0. The Kier molecular flexibility index (Phi) is 6.75. The summed E-state index contributed by atoms with van der Waals surface area (Å²) in [5.41, 5.74) is 0.479. The molecule has 3 rings (SSSR count). The molecule has 0 aromatic heterocycles. The van der Waals surface area contributed by atoms with Crippen LogP contribution in [0.25, 0.3) is 0 Å². The second-order valence-electron chi connectivity index (χ2n) is 6.26. The van der Waals surface area contributed by atoms with Crippen molar-refractivity contribution in [3.63, 3.8) is 0 Å². The summed E-state index contributed by atoms with van der Waals surface area (Å²) in [6.07, 6.45) is -1.08. The minimum atomic E-state index is -1.08. The van der Waals surface area contributed by atoms with E-state index in [1.807, 2.05) is 0 Å². The maximum absolute atomic E-state index is 12.9. The second kappa shape index (κ2) is 9.65. The number of hydrogen-bond acceptors (Lipinski definition) is 7. The van der Waals surface area contributed by atoms with Gasteiger partial charge in [-0.1, -0.05) is 30.3 Å². The highest BCUT2D eigenvalue weighted by molar-refractivity contribution is 5.85. The van der Waals surface area contributed by atoms with E-state index in [0.717, 1.165) is 0 Å². The molecule has 1 saturated heterocycles. The van der Waals surface area contributed by atoms with E-state index in [-0.39, 0.29) is 17.3 Å². The zero-order valence-electron chi connectivity index (χ0n) is 15.6. The fourth-order valence-corrected chi connectivity index (χ4v) is 2.81. The highest BCUT2D eigenvalue weighted by Gasteiger charge is 2.30. The summed E-state index contributed by atoms with van der Waals surface area (Å²) in [6, 6.07) is 14.1. The molecule has 2 aromatic carbocycles. The van der Waals surface area contributed by atoms with Gasteiger partial charge in [-0.05, 0) is 12.1 Å². The third-order valence-corrected chi connectivity index (χ3v) is 4.30. The number of amides is 1. The van der Waals surface area contributed by atoms with E-state index >= 15 is 0 Å². The number of nitro benzene ring substituents is 1. The van der Waals surface area contributed by atoms with Crippen molar-refractivity contribution in [2.24, 2.45) is 0 Å². The van der Waals surface area contributed by atoms with E-state index in [1.54, 1.807) is 35.2 Å². The largest absolute Gasteiger partial charge is 0.482 e. The Morgan fingerprint density at radius 2 is 1.72 bits per heavy atom. The van der Waals surface area contributed by atoms with Gasteiger partial charge in [-0.3, -0.25) is 14.9 Å². The van der Waals surface area contributed by atoms with Gasteiger partial charge in [0.25, 0.3) is 11.6 Å². The maximum Gasteiger partial charge on any atom is 0.345 e. The number of benzene rings is 2. The number of non-ortho nitro benzene ring substituents is 1. The van der Waals surface area contributed by atoms with Crippen LogP contribution in [0.3, 0.4) is 0 Å². The highest BCUT2D eigenvalue weighted by atomic mass is 16.6. The summed E-state index contributed by atoms with van der Waals surface area (Å²) in [6.45, 7) is 1.30. The van der Waals surface area contributed by atoms with Gasteiger partial charge >= 0.3 is 5.97 Å². The van der Waals surface area contributed by atoms with Crippen molar-refractivity contribution in [1.29, 1.82) is 0 Å². The number of carbonyl (C=O) groups is 2. The number of rotatable bonds is 7. The molecule has 1 heterocycles. The molecule has 1 aliphatic rings. The van der Waals surface area contributed by atoms with Gasteiger partial charge in [-0.2, -0.15) is 0 Å². The molecule has 0 spiro atoms. The van der Waals surface area contributed by atoms with Crippen molar-refractivity contribution in [3.05, 3.63) is 70.3 Å². The topological polar surface area (TPSA) is 108 Å². The van der Waals surface area contributed by atoms with Crippen LogP contribution in [0.1, 0.15) is 11.7 Å². The minimum absolute atomic E-state index is 0.0832. The van der Waals surface area contributed by atoms with Gasteiger partial charge in [0.1, 0.15) is 5.75 Å². The van der Waals surface area contributed by atoms with Crippen LogP contribution in [0.4, 0.5) is 5.69 Å². The summed E-state index contributed by atoms with van der Waals surface area (Å²) in [5.74, 6) is -0.759. The van der Waals surface area contributed by atoms with Crippen molar-refractivity contribution in [1.82, 2.24) is 4.90 Å². The molecule has 0 aliphatic carbocycles. The van der Waals surface area contributed by atoms with Crippen molar-refractivity contribution in [3.8, 4) is 5.75 Å². The molecule has 0 radical (unpaired) electrons. The first kappa shape index (κ1) is 20.3. The van der Waals surface area contributed by atoms with Crippen molar-refractivity contribution in [2.45, 2.75) is 6.10 Å². The van der Waals surface area contributed by atoms with Crippen LogP contribution in [0, 0.1) is 10.1 Å². The third-order valence-electron chi connectivity index (χ3n) is 4.30. The first-order valence-corrected chi connectivity index (χ1v) is 9.03. The normalized spacial score (nSPS) is 14.7. The molecule has 9 heteroatoms. The van der Waals surface area contributed by atoms with Gasteiger partial charge in [0.2, 0.25) is 6.10 Å². The summed E-state index contributed by atoms with van der Waals surface area (Å²) >= 11 is 0. The van der Waals surface area contributed by atoms with Gasteiger partial charge < -0.3 is 19.1 Å². The Hall–Kier alpha value is -3.46. The SMILES string of the molecule is O=C(COc1ccc([N+](=O)[O-])cc1)O[C@H](C(=O)N1CCOCC1)c1ccccc1.